The fraction of sp³-hybridized carbons (Fsp3) is 0.125. The quantitative estimate of drug-likeness (QED) is 0.457. The van der Waals surface area contributed by atoms with E-state index in [9.17, 15) is 0 Å². The number of benzene rings is 1. The van der Waals surface area contributed by atoms with Crippen LogP contribution < -0.4 is 0 Å². The van der Waals surface area contributed by atoms with E-state index in [1.54, 1.807) is 25.1 Å². The molecule has 1 aromatic rings. The maximum atomic E-state index is 8.42. The molecule has 4 heteroatoms. The summed E-state index contributed by atoms with van der Waals surface area (Å²) in [7, 11) is 0. The van der Waals surface area contributed by atoms with E-state index in [-0.39, 0.29) is 44.1 Å². The normalized spacial score (nSPS) is 10.6. The second-order valence-corrected chi connectivity index (χ2v) is 2.23. The van der Waals surface area contributed by atoms with Crippen LogP contribution in [0.25, 0.3) is 5.73 Å². The summed E-state index contributed by atoms with van der Waals surface area (Å²) in [6.45, 7) is 1.66. The number of hydrogen-bond acceptors (Lipinski definition) is 2. The third-order valence-electron chi connectivity index (χ3n) is 1.47. The molecule has 61 valence electrons. The van der Waals surface area contributed by atoms with Gasteiger partial charge >= 0.3 is 0 Å². The first-order valence-corrected chi connectivity index (χ1v) is 3.25. The molecule has 1 rings (SSSR count). The summed E-state index contributed by atoms with van der Waals surface area (Å²) < 4.78 is 0. The molecule has 0 aliphatic rings. The average molecular weight is 376 g/mol. The molecule has 0 aliphatic carbocycles. The Morgan fingerprint density at radius 2 is 2.00 bits per heavy atom. The molecule has 0 saturated heterocycles. The summed E-state index contributed by atoms with van der Waals surface area (Å²) in [5.41, 5.74) is 8.92. The first-order chi connectivity index (χ1) is 5.25. The Morgan fingerprint density at radius 3 is 2.50 bits per heavy atom. The SMILES string of the molecule is C/C(=N\O)c1ccccc1[NH-].[Ac]. The monoisotopic (exact) mass is 376 g/mol. The molecule has 0 fully saturated rings. The van der Waals surface area contributed by atoms with Crippen LogP contribution in [-0.2, 0) is 0 Å². The van der Waals surface area contributed by atoms with Gasteiger partial charge in [0.2, 0.25) is 0 Å². The minimum absolute atomic E-state index is 0. The summed E-state index contributed by atoms with van der Waals surface area (Å²) >= 11 is 0. The second kappa shape index (κ2) is 5.56. The van der Waals surface area contributed by atoms with Gasteiger partial charge in [-0.15, -0.1) is 5.69 Å². The Kier molecular flexibility index (Phi) is 5.52. The molecule has 3 nitrogen and oxygen atoms in total. The molecular formula is C8H9AcN2O-. The zero-order chi connectivity index (χ0) is 8.27. The molecule has 0 atom stereocenters. The summed E-state index contributed by atoms with van der Waals surface area (Å²) in [5.74, 6) is 0. The maximum Gasteiger partial charge on any atom is 0.0824 e. The molecular weight excluding hydrogens is 367 g/mol. The molecule has 0 aromatic heterocycles. The minimum Gasteiger partial charge on any atom is -0.698 e. The van der Waals surface area contributed by atoms with Crippen molar-refractivity contribution >= 4 is 11.4 Å². The van der Waals surface area contributed by atoms with E-state index in [1.165, 1.54) is 0 Å². The van der Waals surface area contributed by atoms with Crippen LogP contribution in [0.1, 0.15) is 12.5 Å². The summed E-state index contributed by atoms with van der Waals surface area (Å²) in [6.07, 6.45) is 0. The first kappa shape index (κ1) is 11.9. The van der Waals surface area contributed by atoms with Crippen molar-refractivity contribution in [2.75, 3.05) is 0 Å². The van der Waals surface area contributed by atoms with E-state index in [0.29, 0.717) is 17.0 Å². The average Bonchev–Trinajstić information content (AvgIpc) is 2.04. The van der Waals surface area contributed by atoms with Gasteiger partial charge in [0, 0.05) is 44.1 Å². The molecule has 0 aliphatic heterocycles. The molecule has 0 bridgehead atoms. The van der Waals surface area contributed by atoms with Gasteiger partial charge in [-0.2, -0.15) is 0 Å². The number of nitrogens with one attached hydrogen (secondary N) is 1. The van der Waals surface area contributed by atoms with Crippen LogP contribution in [-0.4, -0.2) is 10.9 Å². The minimum atomic E-state index is 0. The van der Waals surface area contributed by atoms with Crippen LogP contribution in [0.2, 0.25) is 0 Å². The molecule has 0 heterocycles. The molecule has 12 heavy (non-hydrogen) atoms. The molecule has 1 radical (unpaired) electrons. The van der Waals surface area contributed by atoms with Crippen molar-refractivity contribution in [3.63, 3.8) is 0 Å². The van der Waals surface area contributed by atoms with Crippen molar-refractivity contribution in [3.8, 4) is 0 Å². The third kappa shape index (κ3) is 2.76. The van der Waals surface area contributed by atoms with E-state index >= 15 is 0 Å². The fourth-order valence-electron chi connectivity index (χ4n) is 0.852. The third-order valence-corrected chi connectivity index (χ3v) is 1.47. The van der Waals surface area contributed by atoms with Crippen LogP contribution in [0.3, 0.4) is 0 Å². The predicted octanol–water partition coefficient (Wildman–Crippen LogP) is 2.57. The van der Waals surface area contributed by atoms with Crippen molar-refractivity contribution in [1.29, 1.82) is 0 Å². The predicted molar refractivity (Wildman–Crippen MR) is 44.4 cm³/mol. The van der Waals surface area contributed by atoms with Crippen molar-refractivity contribution in [2.24, 2.45) is 5.16 Å². The molecule has 0 saturated carbocycles. The molecule has 1 aromatic carbocycles. The van der Waals surface area contributed by atoms with Crippen molar-refractivity contribution < 1.29 is 49.3 Å². The number of nitrogens with zero attached hydrogens (tertiary/aromatic N) is 1. The largest absolute Gasteiger partial charge is 0.698 e. The van der Waals surface area contributed by atoms with Gasteiger partial charge in [-0.25, -0.2) is 0 Å². The fourth-order valence-corrected chi connectivity index (χ4v) is 0.852. The van der Waals surface area contributed by atoms with E-state index < -0.39 is 0 Å². The topological polar surface area (TPSA) is 56.4 Å². The van der Waals surface area contributed by atoms with Gasteiger partial charge in [0.15, 0.2) is 0 Å². The van der Waals surface area contributed by atoms with E-state index in [0.717, 1.165) is 0 Å². The van der Waals surface area contributed by atoms with Crippen LogP contribution in [0.15, 0.2) is 29.4 Å². The van der Waals surface area contributed by atoms with E-state index in [4.69, 9.17) is 10.9 Å². The summed E-state index contributed by atoms with van der Waals surface area (Å²) in [6, 6.07) is 6.99. The Bertz CT molecular complexity index is 286. The van der Waals surface area contributed by atoms with E-state index in [1.807, 2.05) is 6.07 Å². The van der Waals surface area contributed by atoms with Gasteiger partial charge in [0.1, 0.15) is 0 Å². The van der Waals surface area contributed by atoms with Gasteiger partial charge in [-0.05, 0) is 12.5 Å². The van der Waals surface area contributed by atoms with Gasteiger partial charge in [-0.3, -0.25) is 0 Å². The van der Waals surface area contributed by atoms with Gasteiger partial charge in [0.25, 0.3) is 0 Å². The van der Waals surface area contributed by atoms with Gasteiger partial charge in [0.05, 0.1) is 5.71 Å². The smallest absolute Gasteiger partial charge is 0.0824 e. The number of hydrogen-bond donors (Lipinski definition) is 1. The van der Waals surface area contributed by atoms with Crippen LogP contribution in [0.5, 0.6) is 0 Å². The maximum absolute atomic E-state index is 8.42. The molecule has 0 amide bonds. The van der Waals surface area contributed by atoms with Crippen LogP contribution in [0.4, 0.5) is 5.69 Å². The molecule has 0 spiro atoms. The Balaban J connectivity index is 0.00000121. The van der Waals surface area contributed by atoms with E-state index in [2.05, 4.69) is 5.16 Å². The van der Waals surface area contributed by atoms with Crippen LogP contribution >= 0.6 is 0 Å². The summed E-state index contributed by atoms with van der Waals surface area (Å²) in [5, 5.41) is 11.4. The Labute approximate surface area is 107 Å². The second-order valence-electron chi connectivity index (χ2n) is 2.23. The Morgan fingerprint density at radius 1 is 1.42 bits per heavy atom. The standard InChI is InChI=1S/C8H9N2O.Ac/c1-6(10-11)7-4-2-3-5-8(7)9;/h2-5,9,11H,1H3;/q-1;/b10-6+;. The number of oxime groups is 1. The number of rotatable bonds is 1. The van der Waals surface area contributed by atoms with Crippen LogP contribution in [0, 0.1) is 44.1 Å². The van der Waals surface area contributed by atoms with Crippen molar-refractivity contribution in [1.82, 2.24) is 0 Å². The first-order valence-electron chi connectivity index (χ1n) is 3.25. The summed E-state index contributed by atoms with van der Waals surface area (Å²) in [4.78, 5) is 0. The van der Waals surface area contributed by atoms with Gasteiger partial charge < -0.3 is 10.9 Å². The van der Waals surface area contributed by atoms with Gasteiger partial charge in [-0.1, -0.05) is 29.4 Å². The molecule has 0 unspecified atom stereocenters. The zero-order valence-corrected chi connectivity index (χ0v) is 11.5. The zero-order valence-electron chi connectivity index (χ0n) is 6.78. The van der Waals surface area contributed by atoms with Crippen molar-refractivity contribution in [2.45, 2.75) is 6.92 Å². The Hall–Kier alpha value is -0.0684. The van der Waals surface area contributed by atoms with Crippen molar-refractivity contribution in [3.05, 3.63) is 35.6 Å². The molecule has 2 N–H and O–H groups in total.